The monoisotopic (exact) mass is 379 g/mol. The molecule has 0 fully saturated rings. The standard InChI is InChI=1S/C24H29NO3/c1-6-25(7-2)15-19-20(26)13-12-18-22(27)21(28-23(18)19)14-16-8-10-17(11-9-16)24(3,4)5/h8-14,26H,6-7,15H2,1-5H3. The first-order valence-corrected chi connectivity index (χ1v) is 9.95. The predicted molar refractivity (Wildman–Crippen MR) is 110 cm³/mol. The number of Topliss-reactive ketones (excluding diaryl/α,β-unsaturated/α-hetero) is 1. The van der Waals surface area contributed by atoms with Crippen LogP contribution in [-0.2, 0) is 12.0 Å². The van der Waals surface area contributed by atoms with Crippen LogP contribution in [0, 0.1) is 0 Å². The van der Waals surface area contributed by atoms with Crippen molar-refractivity contribution >= 4 is 11.9 Å². The molecule has 0 bridgehead atoms. The molecule has 0 saturated carbocycles. The third-order valence-corrected chi connectivity index (χ3v) is 5.40. The van der Waals surface area contributed by atoms with Gasteiger partial charge in [0.1, 0.15) is 12.3 Å². The maximum absolute atomic E-state index is 12.8. The van der Waals surface area contributed by atoms with Crippen LogP contribution in [0.5, 0.6) is 11.5 Å². The molecule has 1 aliphatic heterocycles. The Morgan fingerprint density at radius 3 is 2.25 bits per heavy atom. The molecule has 4 heteroatoms. The van der Waals surface area contributed by atoms with Gasteiger partial charge >= 0.3 is 0 Å². The molecule has 2 aromatic carbocycles. The number of hydrogen-bond acceptors (Lipinski definition) is 3. The van der Waals surface area contributed by atoms with E-state index in [1.165, 1.54) is 16.5 Å². The van der Waals surface area contributed by atoms with E-state index in [1.807, 2.05) is 12.1 Å². The Morgan fingerprint density at radius 1 is 1.04 bits per heavy atom. The molecule has 0 aliphatic carbocycles. The SMILES string of the molecule is CC[NH+](CC)Cc1c([O-])ccc2c1OC(=Cc1ccc(C(C)(C)C)cc1)C2=O. The summed E-state index contributed by atoms with van der Waals surface area (Å²) in [7, 11) is 0. The van der Waals surface area contributed by atoms with Crippen LogP contribution >= 0.6 is 0 Å². The van der Waals surface area contributed by atoms with E-state index in [9.17, 15) is 9.90 Å². The molecule has 0 unspecified atom stereocenters. The van der Waals surface area contributed by atoms with Gasteiger partial charge in [-0.2, -0.15) is 0 Å². The lowest BCUT2D eigenvalue weighted by molar-refractivity contribution is -0.910. The highest BCUT2D eigenvalue weighted by Crippen LogP contribution is 2.38. The summed E-state index contributed by atoms with van der Waals surface area (Å²) < 4.78 is 5.92. The molecule has 0 atom stereocenters. The van der Waals surface area contributed by atoms with Crippen LogP contribution in [0.15, 0.2) is 42.2 Å². The molecule has 2 aromatic rings. The zero-order valence-corrected chi connectivity index (χ0v) is 17.4. The van der Waals surface area contributed by atoms with Crippen molar-refractivity contribution in [2.75, 3.05) is 13.1 Å². The van der Waals surface area contributed by atoms with E-state index in [-0.39, 0.29) is 22.7 Å². The zero-order valence-electron chi connectivity index (χ0n) is 17.4. The van der Waals surface area contributed by atoms with Crippen molar-refractivity contribution in [1.82, 2.24) is 0 Å². The zero-order chi connectivity index (χ0) is 20.5. The van der Waals surface area contributed by atoms with E-state index in [1.54, 1.807) is 12.1 Å². The number of allylic oxidation sites excluding steroid dienone is 1. The highest BCUT2D eigenvalue weighted by molar-refractivity contribution is 6.14. The number of nitrogens with one attached hydrogen (secondary N) is 1. The van der Waals surface area contributed by atoms with Crippen molar-refractivity contribution in [2.45, 2.75) is 46.6 Å². The summed E-state index contributed by atoms with van der Waals surface area (Å²) in [4.78, 5) is 14.1. The Hall–Kier alpha value is -2.59. The Bertz CT molecular complexity index is 901. The lowest BCUT2D eigenvalue weighted by atomic mass is 9.86. The fraction of sp³-hybridized carbons (Fsp3) is 0.375. The minimum Gasteiger partial charge on any atom is -0.872 e. The van der Waals surface area contributed by atoms with E-state index >= 15 is 0 Å². The molecule has 1 aliphatic rings. The maximum atomic E-state index is 12.8. The molecule has 0 aromatic heterocycles. The molecule has 4 nitrogen and oxygen atoms in total. The van der Waals surface area contributed by atoms with Crippen molar-refractivity contribution < 1.29 is 19.5 Å². The van der Waals surface area contributed by atoms with Crippen molar-refractivity contribution in [3.8, 4) is 11.5 Å². The van der Waals surface area contributed by atoms with E-state index in [2.05, 4.69) is 46.8 Å². The second-order valence-electron chi connectivity index (χ2n) is 8.36. The second kappa shape index (κ2) is 7.80. The van der Waals surface area contributed by atoms with Crippen LogP contribution in [-0.4, -0.2) is 18.9 Å². The van der Waals surface area contributed by atoms with Crippen LogP contribution in [0.25, 0.3) is 6.08 Å². The van der Waals surface area contributed by atoms with Gasteiger partial charge in [0.2, 0.25) is 5.78 Å². The van der Waals surface area contributed by atoms with Gasteiger partial charge in [-0.3, -0.25) is 4.79 Å². The summed E-state index contributed by atoms with van der Waals surface area (Å²) >= 11 is 0. The summed E-state index contributed by atoms with van der Waals surface area (Å²) in [6.45, 7) is 13.1. The van der Waals surface area contributed by atoms with Crippen LogP contribution in [0.1, 0.15) is 61.7 Å². The summed E-state index contributed by atoms with van der Waals surface area (Å²) in [6, 6.07) is 11.2. The van der Waals surface area contributed by atoms with Crippen LogP contribution in [0.3, 0.4) is 0 Å². The quantitative estimate of drug-likeness (QED) is 0.812. The lowest BCUT2D eigenvalue weighted by Crippen LogP contribution is -3.10. The van der Waals surface area contributed by atoms with E-state index in [4.69, 9.17) is 4.74 Å². The fourth-order valence-electron chi connectivity index (χ4n) is 3.44. The molecule has 3 rings (SSSR count). The molecule has 0 amide bonds. The van der Waals surface area contributed by atoms with Gasteiger partial charge in [-0.25, -0.2) is 0 Å². The Balaban J connectivity index is 1.92. The van der Waals surface area contributed by atoms with Gasteiger partial charge in [0.15, 0.2) is 5.76 Å². The number of ether oxygens (including phenoxy) is 1. The lowest BCUT2D eigenvalue weighted by Gasteiger charge is -2.21. The van der Waals surface area contributed by atoms with Crippen LogP contribution in [0.4, 0.5) is 0 Å². The third kappa shape index (κ3) is 3.97. The molecule has 0 radical (unpaired) electrons. The number of carbonyl (C=O) groups is 1. The van der Waals surface area contributed by atoms with Crippen LogP contribution < -0.4 is 14.7 Å². The minimum atomic E-state index is -0.161. The number of carbonyl (C=O) groups excluding carboxylic acids is 1. The highest BCUT2D eigenvalue weighted by Gasteiger charge is 2.30. The summed E-state index contributed by atoms with van der Waals surface area (Å²) in [5.74, 6) is 0.488. The van der Waals surface area contributed by atoms with Crippen molar-refractivity contribution in [2.24, 2.45) is 0 Å². The molecular weight excluding hydrogens is 350 g/mol. The average molecular weight is 380 g/mol. The summed E-state index contributed by atoms with van der Waals surface area (Å²) in [6.07, 6.45) is 1.76. The van der Waals surface area contributed by atoms with E-state index in [0.717, 1.165) is 18.7 Å². The Kier molecular flexibility index (Phi) is 5.61. The molecule has 0 saturated heterocycles. The molecular formula is C24H29NO3. The number of benzene rings is 2. The first-order valence-electron chi connectivity index (χ1n) is 9.95. The van der Waals surface area contributed by atoms with Crippen molar-refractivity contribution in [1.29, 1.82) is 0 Å². The van der Waals surface area contributed by atoms with Crippen molar-refractivity contribution in [3.63, 3.8) is 0 Å². The third-order valence-electron chi connectivity index (χ3n) is 5.40. The normalized spacial score (nSPS) is 15.2. The first kappa shape index (κ1) is 20.2. The summed E-state index contributed by atoms with van der Waals surface area (Å²) in [5, 5.41) is 12.4. The van der Waals surface area contributed by atoms with Gasteiger partial charge in [-0.1, -0.05) is 56.9 Å². The fourth-order valence-corrected chi connectivity index (χ4v) is 3.44. The Morgan fingerprint density at radius 2 is 1.68 bits per heavy atom. The molecule has 28 heavy (non-hydrogen) atoms. The van der Waals surface area contributed by atoms with Gasteiger partial charge in [-0.05, 0) is 42.5 Å². The second-order valence-corrected chi connectivity index (χ2v) is 8.36. The smallest absolute Gasteiger partial charge is 0.231 e. The summed E-state index contributed by atoms with van der Waals surface area (Å²) in [5.41, 5.74) is 3.29. The molecule has 1 heterocycles. The van der Waals surface area contributed by atoms with Gasteiger partial charge in [0.25, 0.3) is 0 Å². The number of fused-ring (bicyclic) bond motifs is 1. The van der Waals surface area contributed by atoms with Gasteiger partial charge in [0, 0.05) is 5.56 Å². The maximum Gasteiger partial charge on any atom is 0.231 e. The minimum absolute atomic E-state index is 0.0678. The molecule has 148 valence electrons. The predicted octanol–water partition coefficient (Wildman–Crippen LogP) is 3.10. The first-order chi connectivity index (χ1) is 13.2. The Labute approximate surface area is 167 Å². The van der Waals surface area contributed by atoms with Gasteiger partial charge in [-0.15, -0.1) is 0 Å². The van der Waals surface area contributed by atoms with E-state index in [0.29, 0.717) is 23.4 Å². The number of hydrogen-bond donors (Lipinski definition) is 1. The number of ketones is 1. The van der Waals surface area contributed by atoms with E-state index < -0.39 is 0 Å². The largest absolute Gasteiger partial charge is 0.872 e. The number of quaternary nitrogens is 1. The highest BCUT2D eigenvalue weighted by atomic mass is 16.5. The topological polar surface area (TPSA) is 53.8 Å². The van der Waals surface area contributed by atoms with Crippen molar-refractivity contribution in [3.05, 3.63) is 64.4 Å². The molecule has 1 N–H and O–H groups in total. The number of rotatable bonds is 5. The van der Waals surface area contributed by atoms with Crippen LogP contribution in [0.2, 0.25) is 0 Å². The molecule has 0 spiro atoms. The van der Waals surface area contributed by atoms with Gasteiger partial charge < -0.3 is 14.7 Å². The average Bonchev–Trinajstić information content (AvgIpc) is 2.97. The van der Waals surface area contributed by atoms with Gasteiger partial charge in [0.05, 0.1) is 18.7 Å².